The largest absolute Gasteiger partial charge is 0.385 e. The Morgan fingerprint density at radius 1 is 1.25 bits per heavy atom. The SMILES string of the molecule is CCSCCCNc1ccc(CCCl)cc1. The monoisotopic (exact) mass is 257 g/mol. The minimum atomic E-state index is 0.695. The molecule has 0 radical (unpaired) electrons. The Balaban J connectivity index is 2.21. The molecule has 0 atom stereocenters. The summed E-state index contributed by atoms with van der Waals surface area (Å²) in [5.41, 5.74) is 2.52. The normalized spacial score (nSPS) is 10.4. The summed E-state index contributed by atoms with van der Waals surface area (Å²) in [4.78, 5) is 0. The number of hydrogen-bond acceptors (Lipinski definition) is 2. The maximum Gasteiger partial charge on any atom is 0.0340 e. The zero-order valence-corrected chi connectivity index (χ0v) is 11.4. The average molecular weight is 258 g/mol. The lowest BCUT2D eigenvalue weighted by Gasteiger charge is -2.06. The number of benzene rings is 1. The minimum Gasteiger partial charge on any atom is -0.385 e. The number of halogens is 1. The van der Waals surface area contributed by atoms with Crippen molar-refractivity contribution in [3.05, 3.63) is 29.8 Å². The molecule has 1 nitrogen and oxygen atoms in total. The summed E-state index contributed by atoms with van der Waals surface area (Å²) < 4.78 is 0. The summed E-state index contributed by atoms with van der Waals surface area (Å²) in [5.74, 6) is 3.15. The Morgan fingerprint density at radius 2 is 2.00 bits per heavy atom. The molecule has 0 heterocycles. The van der Waals surface area contributed by atoms with E-state index in [2.05, 4.69) is 36.5 Å². The third-order valence-corrected chi connectivity index (χ3v) is 3.51. The molecule has 0 saturated carbocycles. The van der Waals surface area contributed by atoms with E-state index in [0.29, 0.717) is 5.88 Å². The second kappa shape index (κ2) is 8.77. The zero-order chi connectivity index (χ0) is 11.6. The van der Waals surface area contributed by atoms with Gasteiger partial charge in [0.25, 0.3) is 0 Å². The fraction of sp³-hybridized carbons (Fsp3) is 0.538. The molecule has 1 N–H and O–H groups in total. The number of nitrogens with one attached hydrogen (secondary N) is 1. The van der Waals surface area contributed by atoms with Crippen LogP contribution < -0.4 is 5.32 Å². The number of rotatable bonds is 8. The topological polar surface area (TPSA) is 12.0 Å². The van der Waals surface area contributed by atoms with Crippen LogP contribution in [0.3, 0.4) is 0 Å². The minimum absolute atomic E-state index is 0.695. The van der Waals surface area contributed by atoms with E-state index in [0.717, 1.165) is 13.0 Å². The highest BCUT2D eigenvalue weighted by molar-refractivity contribution is 7.99. The Kier molecular flexibility index (Phi) is 7.52. The van der Waals surface area contributed by atoms with Crippen LogP contribution in [-0.2, 0) is 6.42 Å². The maximum atomic E-state index is 5.69. The van der Waals surface area contributed by atoms with Gasteiger partial charge in [0.1, 0.15) is 0 Å². The lowest BCUT2D eigenvalue weighted by atomic mass is 10.1. The molecule has 90 valence electrons. The number of thioether (sulfide) groups is 1. The molecule has 0 fully saturated rings. The molecular formula is C13H20ClNS. The predicted octanol–water partition coefficient (Wildman–Crippen LogP) is 4.02. The molecule has 0 aliphatic carbocycles. The van der Waals surface area contributed by atoms with Gasteiger partial charge in [0.05, 0.1) is 0 Å². The third-order valence-electron chi connectivity index (χ3n) is 2.34. The first kappa shape index (κ1) is 13.7. The van der Waals surface area contributed by atoms with Crippen LogP contribution >= 0.6 is 23.4 Å². The third kappa shape index (κ3) is 5.66. The van der Waals surface area contributed by atoms with Crippen molar-refractivity contribution in [3.63, 3.8) is 0 Å². The molecule has 0 saturated heterocycles. The Labute approximate surface area is 108 Å². The Morgan fingerprint density at radius 3 is 2.62 bits per heavy atom. The van der Waals surface area contributed by atoms with E-state index in [1.807, 2.05) is 11.8 Å². The van der Waals surface area contributed by atoms with Crippen molar-refractivity contribution >= 4 is 29.1 Å². The molecule has 0 aromatic heterocycles. The van der Waals surface area contributed by atoms with Gasteiger partial charge in [-0.15, -0.1) is 11.6 Å². The second-order valence-corrected chi connectivity index (χ2v) is 5.38. The van der Waals surface area contributed by atoms with E-state index in [-0.39, 0.29) is 0 Å². The molecule has 0 aliphatic heterocycles. The number of anilines is 1. The lowest BCUT2D eigenvalue weighted by Crippen LogP contribution is -2.02. The van der Waals surface area contributed by atoms with Crippen molar-refractivity contribution in [2.24, 2.45) is 0 Å². The van der Waals surface area contributed by atoms with Crippen molar-refractivity contribution in [2.75, 3.05) is 29.2 Å². The first-order chi connectivity index (χ1) is 7.86. The molecule has 16 heavy (non-hydrogen) atoms. The summed E-state index contributed by atoms with van der Waals surface area (Å²) >= 11 is 7.69. The summed E-state index contributed by atoms with van der Waals surface area (Å²) in [7, 11) is 0. The summed E-state index contributed by atoms with van der Waals surface area (Å²) in [6, 6.07) is 8.56. The summed E-state index contributed by atoms with van der Waals surface area (Å²) in [6.45, 7) is 3.26. The Bertz CT molecular complexity index is 274. The van der Waals surface area contributed by atoms with Crippen LogP contribution in [0.1, 0.15) is 18.9 Å². The van der Waals surface area contributed by atoms with E-state index in [1.165, 1.54) is 29.2 Å². The highest BCUT2D eigenvalue weighted by atomic mass is 35.5. The van der Waals surface area contributed by atoms with Crippen molar-refractivity contribution in [1.29, 1.82) is 0 Å². The van der Waals surface area contributed by atoms with Gasteiger partial charge < -0.3 is 5.32 Å². The van der Waals surface area contributed by atoms with Gasteiger partial charge in [-0.25, -0.2) is 0 Å². The molecule has 1 rings (SSSR count). The van der Waals surface area contributed by atoms with E-state index in [4.69, 9.17) is 11.6 Å². The molecule has 0 amide bonds. The van der Waals surface area contributed by atoms with Gasteiger partial charge in [-0.2, -0.15) is 11.8 Å². The van der Waals surface area contributed by atoms with E-state index in [1.54, 1.807) is 0 Å². The molecule has 3 heteroatoms. The number of hydrogen-bond donors (Lipinski definition) is 1. The lowest BCUT2D eigenvalue weighted by molar-refractivity contribution is 0.991. The molecule has 0 spiro atoms. The number of alkyl halides is 1. The van der Waals surface area contributed by atoms with Crippen molar-refractivity contribution < 1.29 is 0 Å². The molecule has 0 aliphatic rings. The van der Waals surface area contributed by atoms with Gasteiger partial charge in [-0.05, 0) is 42.0 Å². The van der Waals surface area contributed by atoms with E-state index >= 15 is 0 Å². The highest BCUT2D eigenvalue weighted by Crippen LogP contribution is 2.11. The van der Waals surface area contributed by atoms with Crippen LogP contribution in [0, 0.1) is 0 Å². The smallest absolute Gasteiger partial charge is 0.0340 e. The van der Waals surface area contributed by atoms with Crippen LogP contribution in [0.4, 0.5) is 5.69 Å². The summed E-state index contributed by atoms with van der Waals surface area (Å²) in [6.07, 6.45) is 2.18. The van der Waals surface area contributed by atoms with Crippen LogP contribution in [0.25, 0.3) is 0 Å². The van der Waals surface area contributed by atoms with Crippen LogP contribution in [0.15, 0.2) is 24.3 Å². The highest BCUT2D eigenvalue weighted by Gasteiger charge is 1.94. The standard InChI is InChI=1S/C13H20ClNS/c1-2-16-11-3-10-15-13-6-4-12(5-7-13)8-9-14/h4-7,15H,2-3,8-11H2,1H3. The molecule has 1 aromatic carbocycles. The van der Waals surface area contributed by atoms with Crippen molar-refractivity contribution in [3.8, 4) is 0 Å². The van der Waals surface area contributed by atoms with Gasteiger partial charge in [-0.3, -0.25) is 0 Å². The van der Waals surface area contributed by atoms with Crippen molar-refractivity contribution in [1.82, 2.24) is 0 Å². The zero-order valence-electron chi connectivity index (χ0n) is 9.84. The quantitative estimate of drug-likeness (QED) is 0.558. The van der Waals surface area contributed by atoms with Gasteiger partial charge in [0.15, 0.2) is 0 Å². The molecule has 0 bridgehead atoms. The molecular weight excluding hydrogens is 238 g/mol. The van der Waals surface area contributed by atoms with Gasteiger partial charge in [0, 0.05) is 18.1 Å². The first-order valence-corrected chi connectivity index (χ1v) is 7.52. The van der Waals surface area contributed by atoms with E-state index in [9.17, 15) is 0 Å². The maximum absolute atomic E-state index is 5.69. The fourth-order valence-electron chi connectivity index (χ4n) is 1.45. The average Bonchev–Trinajstić information content (AvgIpc) is 2.31. The van der Waals surface area contributed by atoms with E-state index < -0.39 is 0 Å². The Hall–Kier alpha value is -0.340. The van der Waals surface area contributed by atoms with Crippen LogP contribution in [0.2, 0.25) is 0 Å². The molecule has 1 aromatic rings. The second-order valence-electron chi connectivity index (χ2n) is 3.61. The predicted molar refractivity (Wildman–Crippen MR) is 77.0 cm³/mol. The van der Waals surface area contributed by atoms with Gasteiger partial charge in [0.2, 0.25) is 0 Å². The van der Waals surface area contributed by atoms with Crippen LogP contribution in [0.5, 0.6) is 0 Å². The number of aryl methyl sites for hydroxylation is 1. The van der Waals surface area contributed by atoms with Crippen molar-refractivity contribution in [2.45, 2.75) is 19.8 Å². The summed E-state index contributed by atoms with van der Waals surface area (Å²) in [5, 5.41) is 3.43. The van der Waals surface area contributed by atoms with Gasteiger partial charge >= 0.3 is 0 Å². The fourth-order valence-corrected chi connectivity index (χ4v) is 2.31. The van der Waals surface area contributed by atoms with Crippen LogP contribution in [-0.4, -0.2) is 23.9 Å². The first-order valence-electron chi connectivity index (χ1n) is 5.83. The molecule has 0 unspecified atom stereocenters. The van der Waals surface area contributed by atoms with Gasteiger partial charge in [-0.1, -0.05) is 19.1 Å².